The number of aliphatic imine (C=N–C) groups is 1. The monoisotopic (exact) mass is 458 g/mol. The summed E-state index contributed by atoms with van der Waals surface area (Å²) >= 11 is 0. The molecule has 7 heteroatoms. The number of carboxylic acids is 1. The molecule has 0 bridgehead atoms. The van der Waals surface area contributed by atoms with E-state index in [0.717, 1.165) is 54.8 Å². The minimum absolute atomic E-state index is 0.258. The summed E-state index contributed by atoms with van der Waals surface area (Å²) < 4.78 is 5.54. The Morgan fingerprint density at radius 1 is 0.971 bits per heavy atom. The van der Waals surface area contributed by atoms with Gasteiger partial charge in [0.25, 0.3) is 0 Å². The number of carboxylic acid groups (broad SMARTS) is 1. The average molecular weight is 459 g/mol. The molecule has 3 aromatic carbocycles. The van der Waals surface area contributed by atoms with Crippen molar-refractivity contribution in [1.82, 2.24) is 4.90 Å². The van der Waals surface area contributed by atoms with Crippen molar-refractivity contribution < 1.29 is 14.6 Å². The van der Waals surface area contributed by atoms with Gasteiger partial charge in [-0.05, 0) is 48.9 Å². The largest absolute Gasteiger partial charge is 0.495 e. The van der Waals surface area contributed by atoms with Gasteiger partial charge >= 0.3 is 5.97 Å². The molecule has 0 saturated carbocycles. The van der Waals surface area contributed by atoms with Crippen LogP contribution in [-0.4, -0.2) is 55.2 Å². The number of nitrogens with one attached hydrogen (secondary N) is 1. The Balaban J connectivity index is 1.51. The molecule has 1 aliphatic heterocycles. The summed E-state index contributed by atoms with van der Waals surface area (Å²) in [6.45, 7) is 5.90. The van der Waals surface area contributed by atoms with Crippen LogP contribution in [0.3, 0.4) is 0 Å². The lowest BCUT2D eigenvalue weighted by Gasteiger charge is -2.38. The van der Waals surface area contributed by atoms with Gasteiger partial charge in [0.15, 0.2) is 5.96 Å². The van der Waals surface area contributed by atoms with E-state index in [-0.39, 0.29) is 5.56 Å². The maximum Gasteiger partial charge on any atom is 0.335 e. The van der Waals surface area contributed by atoms with Crippen LogP contribution in [0.4, 0.5) is 11.4 Å². The third kappa shape index (κ3) is 5.67. The zero-order valence-electron chi connectivity index (χ0n) is 19.6. The molecule has 0 amide bonds. The van der Waals surface area contributed by atoms with E-state index in [9.17, 15) is 9.90 Å². The van der Waals surface area contributed by atoms with Crippen molar-refractivity contribution >= 4 is 23.3 Å². The predicted octanol–water partition coefficient (Wildman–Crippen LogP) is 4.49. The summed E-state index contributed by atoms with van der Waals surface area (Å²) in [7, 11) is 1.70. The standard InChI is InChI=1S/C27H30N4O3/c1-20-7-9-21(10-8-20)19-28-27(29-23-13-11-22(12-14-23)26(32)33)31-17-15-30(16-18-31)24-5-3-4-6-25(24)34-2/h3-14H,15-19H2,1-2H3,(H,28,29)(H,32,33). The number of carbonyl (C=O) groups is 1. The van der Waals surface area contributed by atoms with E-state index in [4.69, 9.17) is 9.73 Å². The number of ether oxygens (including phenoxy) is 1. The summed E-state index contributed by atoms with van der Waals surface area (Å²) in [6, 6.07) is 23.2. The number of benzene rings is 3. The first kappa shape index (κ1) is 23.2. The van der Waals surface area contributed by atoms with E-state index in [0.29, 0.717) is 6.54 Å². The highest BCUT2D eigenvalue weighted by molar-refractivity contribution is 5.95. The minimum atomic E-state index is -0.938. The highest BCUT2D eigenvalue weighted by atomic mass is 16.5. The molecule has 7 nitrogen and oxygen atoms in total. The fourth-order valence-electron chi connectivity index (χ4n) is 3.95. The second-order valence-electron chi connectivity index (χ2n) is 8.28. The van der Waals surface area contributed by atoms with Crippen molar-refractivity contribution in [2.75, 3.05) is 43.5 Å². The van der Waals surface area contributed by atoms with Crippen LogP contribution in [0.2, 0.25) is 0 Å². The van der Waals surface area contributed by atoms with Crippen molar-refractivity contribution in [1.29, 1.82) is 0 Å². The van der Waals surface area contributed by atoms with Crippen LogP contribution in [0, 0.1) is 6.92 Å². The predicted molar refractivity (Wildman–Crippen MR) is 136 cm³/mol. The van der Waals surface area contributed by atoms with Gasteiger partial charge < -0.3 is 25.0 Å². The van der Waals surface area contributed by atoms with Crippen LogP contribution < -0.4 is 15.0 Å². The Bertz CT molecular complexity index is 1140. The molecule has 2 N–H and O–H groups in total. The number of methoxy groups -OCH3 is 1. The lowest BCUT2D eigenvalue weighted by Crippen LogP contribution is -2.50. The quantitative estimate of drug-likeness (QED) is 0.419. The van der Waals surface area contributed by atoms with Gasteiger partial charge in [-0.3, -0.25) is 0 Å². The molecule has 1 heterocycles. The number of para-hydroxylation sites is 2. The molecule has 0 unspecified atom stereocenters. The minimum Gasteiger partial charge on any atom is -0.495 e. The zero-order valence-corrected chi connectivity index (χ0v) is 19.6. The van der Waals surface area contributed by atoms with Gasteiger partial charge in [-0.15, -0.1) is 0 Å². The van der Waals surface area contributed by atoms with E-state index in [1.165, 1.54) is 5.56 Å². The Hall–Kier alpha value is -4.00. The molecule has 0 spiro atoms. The highest BCUT2D eigenvalue weighted by Crippen LogP contribution is 2.28. The third-order valence-electron chi connectivity index (χ3n) is 5.93. The normalized spacial score (nSPS) is 14.1. The van der Waals surface area contributed by atoms with Crippen LogP contribution in [0.25, 0.3) is 0 Å². The molecule has 0 radical (unpaired) electrons. The van der Waals surface area contributed by atoms with E-state index in [1.807, 2.05) is 18.2 Å². The van der Waals surface area contributed by atoms with E-state index in [1.54, 1.807) is 31.4 Å². The molecule has 176 valence electrons. The second-order valence-corrected chi connectivity index (χ2v) is 8.28. The molecule has 1 aliphatic rings. The van der Waals surface area contributed by atoms with Gasteiger partial charge in [-0.2, -0.15) is 0 Å². The lowest BCUT2D eigenvalue weighted by molar-refractivity contribution is 0.0697. The SMILES string of the molecule is COc1ccccc1N1CCN(C(=NCc2ccc(C)cc2)Nc2ccc(C(=O)O)cc2)CC1. The Labute approximate surface area is 200 Å². The number of hydrogen-bond donors (Lipinski definition) is 2. The number of guanidine groups is 1. The smallest absolute Gasteiger partial charge is 0.335 e. The van der Waals surface area contributed by atoms with Crippen molar-refractivity contribution in [2.45, 2.75) is 13.5 Å². The molecule has 4 rings (SSSR count). The first-order valence-electron chi connectivity index (χ1n) is 11.4. The number of aromatic carboxylic acids is 1. The second kappa shape index (κ2) is 10.7. The molecule has 1 saturated heterocycles. The van der Waals surface area contributed by atoms with Crippen molar-refractivity contribution in [3.05, 3.63) is 89.5 Å². The van der Waals surface area contributed by atoms with Gasteiger partial charge in [-0.25, -0.2) is 9.79 Å². The van der Waals surface area contributed by atoms with E-state index in [2.05, 4.69) is 52.4 Å². The molecule has 0 atom stereocenters. The highest BCUT2D eigenvalue weighted by Gasteiger charge is 2.22. The van der Waals surface area contributed by atoms with Gasteiger partial charge in [0, 0.05) is 31.9 Å². The molecular formula is C27H30N4O3. The topological polar surface area (TPSA) is 77.4 Å². The Morgan fingerprint density at radius 3 is 2.29 bits per heavy atom. The molecule has 34 heavy (non-hydrogen) atoms. The molecule has 0 aromatic heterocycles. The van der Waals surface area contributed by atoms with Crippen molar-refractivity contribution in [2.24, 2.45) is 4.99 Å². The maximum absolute atomic E-state index is 11.2. The van der Waals surface area contributed by atoms with Crippen LogP contribution in [0.5, 0.6) is 5.75 Å². The summed E-state index contributed by atoms with van der Waals surface area (Å²) in [5, 5.41) is 12.6. The number of anilines is 2. The number of hydrogen-bond acceptors (Lipinski definition) is 4. The zero-order chi connectivity index (χ0) is 23.9. The molecule has 1 fully saturated rings. The summed E-state index contributed by atoms with van der Waals surface area (Å²) in [6.07, 6.45) is 0. The molecule has 0 aliphatic carbocycles. The molecular weight excluding hydrogens is 428 g/mol. The Kier molecular flexibility index (Phi) is 7.32. The number of aryl methyl sites for hydroxylation is 1. The molecule has 3 aromatic rings. The van der Waals surface area contributed by atoms with Crippen LogP contribution in [0.15, 0.2) is 77.8 Å². The summed E-state index contributed by atoms with van der Waals surface area (Å²) in [5.74, 6) is 0.719. The third-order valence-corrected chi connectivity index (χ3v) is 5.93. The van der Waals surface area contributed by atoms with Crippen molar-refractivity contribution in [3.8, 4) is 5.75 Å². The van der Waals surface area contributed by atoms with Crippen LogP contribution in [-0.2, 0) is 6.54 Å². The fraction of sp³-hybridized carbons (Fsp3) is 0.259. The van der Waals surface area contributed by atoms with Gasteiger partial charge in [0.05, 0.1) is 24.9 Å². The fourth-order valence-corrected chi connectivity index (χ4v) is 3.95. The first-order chi connectivity index (χ1) is 16.5. The lowest BCUT2D eigenvalue weighted by atomic mass is 10.1. The maximum atomic E-state index is 11.2. The van der Waals surface area contributed by atoms with Crippen LogP contribution >= 0.6 is 0 Å². The van der Waals surface area contributed by atoms with Gasteiger partial charge in [-0.1, -0.05) is 42.0 Å². The van der Waals surface area contributed by atoms with E-state index >= 15 is 0 Å². The van der Waals surface area contributed by atoms with Gasteiger partial charge in [0.2, 0.25) is 0 Å². The average Bonchev–Trinajstić information content (AvgIpc) is 2.88. The van der Waals surface area contributed by atoms with Crippen LogP contribution in [0.1, 0.15) is 21.5 Å². The van der Waals surface area contributed by atoms with Gasteiger partial charge in [0.1, 0.15) is 5.75 Å². The summed E-state index contributed by atoms with van der Waals surface area (Å²) in [4.78, 5) is 20.7. The Morgan fingerprint density at radius 2 is 1.65 bits per heavy atom. The van der Waals surface area contributed by atoms with Crippen molar-refractivity contribution in [3.63, 3.8) is 0 Å². The summed E-state index contributed by atoms with van der Waals surface area (Å²) in [5.41, 5.74) is 4.52. The number of nitrogens with zero attached hydrogens (tertiary/aromatic N) is 3. The number of piperazine rings is 1. The van der Waals surface area contributed by atoms with E-state index < -0.39 is 5.97 Å². The first-order valence-corrected chi connectivity index (χ1v) is 11.4. The number of rotatable bonds is 6.